The summed E-state index contributed by atoms with van der Waals surface area (Å²) in [7, 11) is 4.02. The number of carbonyl (C=O) groups is 1. The van der Waals surface area contributed by atoms with Crippen LogP contribution in [0.4, 0.5) is 10.1 Å². The lowest BCUT2D eigenvalue weighted by molar-refractivity contribution is -0.123. The van der Waals surface area contributed by atoms with Gasteiger partial charge in [0.2, 0.25) is 0 Å². The van der Waals surface area contributed by atoms with Crippen molar-refractivity contribution in [3.05, 3.63) is 59.9 Å². The van der Waals surface area contributed by atoms with Crippen molar-refractivity contribution in [2.45, 2.75) is 12.8 Å². The fourth-order valence-corrected chi connectivity index (χ4v) is 2.21. The molecule has 0 unspecified atom stereocenters. The van der Waals surface area contributed by atoms with Gasteiger partial charge < -0.3 is 15.0 Å². The summed E-state index contributed by atoms with van der Waals surface area (Å²) in [4.78, 5) is 13.8. The van der Waals surface area contributed by atoms with Crippen LogP contribution in [0.2, 0.25) is 0 Å². The number of nitrogens with zero attached hydrogens (tertiary/aromatic N) is 1. The molecule has 5 heteroatoms. The third-order valence-corrected chi connectivity index (χ3v) is 3.60. The van der Waals surface area contributed by atoms with Crippen LogP contribution in [0, 0.1) is 5.82 Å². The first-order chi connectivity index (χ1) is 11.5. The lowest BCUT2D eigenvalue weighted by Gasteiger charge is -2.12. The quantitative estimate of drug-likeness (QED) is 0.757. The van der Waals surface area contributed by atoms with E-state index in [1.807, 2.05) is 14.1 Å². The second-order valence-electron chi connectivity index (χ2n) is 5.76. The van der Waals surface area contributed by atoms with Crippen LogP contribution in [0.15, 0.2) is 48.5 Å². The Kier molecular flexibility index (Phi) is 6.61. The van der Waals surface area contributed by atoms with E-state index < -0.39 is 0 Å². The van der Waals surface area contributed by atoms with Crippen molar-refractivity contribution >= 4 is 11.6 Å². The highest BCUT2D eigenvalue weighted by molar-refractivity contribution is 5.77. The molecule has 2 rings (SSSR count). The lowest BCUT2D eigenvalue weighted by Crippen LogP contribution is -2.29. The number of ether oxygens (including phenoxy) is 1. The minimum absolute atomic E-state index is 0.0663. The summed E-state index contributed by atoms with van der Waals surface area (Å²) in [6, 6.07) is 14.0. The molecular formula is C19H23FN2O2. The molecule has 0 atom stereocenters. The molecule has 0 aliphatic rings. The molecule has 4 nitrogen and oxygen atoms in total. The molecule has 1 amide bonds. The maximum Gasteiger partial charge on any atom is 0.257 e. The van der Waals surface area contributed by atoms with E-state index in [1.165, 1.54) is 35.5 Å². The number of halogens is 1. The third-order valence-electron chi connectivity index (χ3n) is 3.60. The first-order valence-electron chi connectivity index (χ1n) is 7.96. The van der Waals surface area contributed by atoms with Gasteiger partial charge in [0.05, 0.1) is 0 Å². The summed E-state index contributed by atoms with van der Waals surface area (Å²) < 4.78 is 18.0. The molecule has 0 aliphatic heterocycles. The topological polar surface area (TPSA) is 41.6 Å². The summed E-state index contributed by atoms with van der Waals surface area (Å²) in [5.74, 6) is -0.0276. The average Bonchev–Trinajstić information content (AvgIpc) is 2.58. The Labute approximate surface area is 142 Å². The molecule has 128 valence electrons. The number of nitrogens with one attached hydrogen (secondary N) is 1. The summed E-state index contributed by atoms with van der Waals surface area (Å²) >= 11 is 0. The number of rotatable bonds is 8. The monoisotopic (exact) mass is 330 g/mol. The van der Waals surface area contributed by atoms with Crippen LogP contribution < -0.4 is 15.0 Å². The maximum atomic E-state index is 12.8. The van der Waals surface area contributed by atoms with E-state index in [0.717, 1.165) is 12.8 Å². The molecule has 0 aromatic heterocycles. The van der Waals surface area contributed by atoms with Gasteiger partial charge in [-0.05, 0) is 54.8 Å². The summed E-state index contributed by atoms with van der Waals surface area (Å²) in [5, 5.41) is 2.82. The van der Waals surface area contributed by atoms with Crippen LogP contribution in [0.25, 0.3) is 0 Å². The number of amides is 1. The van der Waals surface area contributed by atoms with Crippen molar-refractivity contribution in [2.24, 2.45) is 0 Å². The third kappa shape index (κ3) is 5.91. The standard InChI is InChI=1S/C19H23FN2O2/c1-22(2)17-9-5-15(6-10-17)4-3-13-21-19(23)14-24-18-11-7-16(20)8-12-18/h5-12H,3-4,13-14H2,1-2H3,(H,21,23). The zero-order valence-electron chi connectivity index (χ0n) is 14.1. The van der Waals surface area contributed by atoms with Crippen molar-refractivity contribution < 1.29 is 13.9 Å². The number of hydrogen-bond acceptors (Lipinski definition) is 3. The van der Waals surface area contributed by atoms with E-state index >= 15 is 0 Å². The Balaban J connectivity index is 1.63. The van der Waals surface area contributed by atoms with E-state index in [1.54, 1.807) is 0 Å². The average molecular weight is 330 g/mol. The Hall–Kier alpha value is -2.56. The minimum atomic E-state index is -0.328. The van der Waals surface area contributed by atoms with Crippen molar-refractivity contribution in [2.75, 3.05) is 32.1 Å². The van der Waals surface area contributed by atoms with E-state index in [-0.39, 0.29) is 18.3 Å². The van der Waals surface area contributed by atoms with Crippen LogP contribution >= 0.6 is 0 Å². The predicted octanol–water partition coefficient (Wildman–Crippen LogP) is 3.02. The molecule has 0 saturated heterocycles. The Morgan fingerprint density at radius 2 is 1.75 bits per heavy atom. The first kappa shape index (κ1) is 17.8. The Bertz CT molecular complexity index is 639. The summed E-state index contributed by atoms with van der Waals surface area (Å²) in [5.41, 5.74) is 2.42. The Morgan fingerprint density at radius 1 is 1.08 bits per heavy atom. The van der Waals surface area contributed by atoms with Crippen LogP contribution in [0.5, 0.6) is 5.75 Å². The van der Waals surface area contributed by atoms with E-state index in [0.29, 0.717) is 12.3 Å². The second-order valence-corrected chi connectivity index (χ2v) is 5.76. The number of carbonyl (C=O) groups excluding carboxylic acids is 1. The highest BCUT2D eigenvalue weighted by atomic mass is 19.1. The van der Waals surface area contributed by atoms with E-state index in [9.17, 15) is 9.18 Å². The van der Waals surface area contributed by atoms with Crippen LogP contribution in [-0.2, 0) is 11.2 Å². The highest BCUT2D eigenvalue weighted by Gasteiger charge is 2.03. The molecule has 0 spiro atoms. The zero-order chi connectivity index (χ0) is 17.4. The molecule has 0 aliphatic carbocycles. The number of aryl methyl sites for hydroxylation is 1. The fourth-order valence-electron chi connectivity index (χ4n) is 2.21. The molecule has 24 heavy (non-hydrogen) atoms. The maximum absolute atomic E-state index is 12.8. The van der Waals surface area contributed by atoms with Gasteiger partial charge in [-0.25, -0.2) is 4.39 Å². The van der Waals surface area contributed by atoms with Crippen LogP contribution in [-0.4, -0.2) is 33.2 Å². The molecule has 1 N–H and O–H groups in total. The SMILES string of the molecule is CN(C)c1ccc(CCCNC(=O)COc2ccc(F)cc2)cc1. The fraction of sp³-hybridized carbons (Fsp3) is 0.316. The van der Waals surface area contributed by atoms with Gasteiger partial charge in [0, 0.05) is 26.3 Å². The molecule has 0 radical (unpaired) electrons. The van der Waals surface area contributed by atoms with Gasteiger partial charge in [-0.3, -0.25) is 4.79 Å². The highest BCUT2D eigenvalue weighted by Crippen LogP contribution is 2.13. The zero-order valence-corrected chi connectivity index (χ0v) is 14.1. The number of hydrogen-bond donors (Lipinski definition) is 1. The molecule has 0 saturated carbocycles. The van der Waals surface area contributed by atoms with Crippen LogP contribution in [0.1, 0.15) is 12.0 Å². The van der Waals surface area contributed by atoms with Crippen molar-refractivity contribution in [1.29, 1.82) is 0 Å². The largest absolute Gasteiger partial charge is 0.484 e. The lowest BCUT2D eigenvalue weighted by atomic mass is 10.1. The normalized spacial score (nSPS) is 10.3. The molecular weight excluding hydrogens is 307 g/mol. The molecule has 0 bridgehead atoms. The van der Waals surface area contributed by atoms with Gasteiger partial charge in [0.15, 0.2) is 6.61 Å². The first-order valence-corrected chi connectivity index (χ1v) is 7.96. The van der Waals surface area contributed by atoms with Crippen molar-refractivity contribution in [3.63, 3.8) is 0 Å². The second kappa shape index (κ2) is 8.91. The van der Waals surface area contributed by atoms with Gasteiger partial charge >= 0.3 is 0 Å². The summed E-state index contributed by atoms with van der Waals surface area (Å²) in [6.07, 6.45) is 1.77. The van der Waals surface area contributed by atoms with Crippen LogP contribution in [0.3, 0.4) is 0 Å². The predicted molar refractivity (Wildman–Crippen MR) is 94.0 cm³/mol. The summed E-state index contributed by atoms with van der Waals surface area (Å²) in [6.45, 7) is 0.532. The smallest absolute Gasteiger partial charge is 0.257 e. The number of benzene rings is 2. The molecule has 0 heterocycles. The number of anilines is 1. The van der Waals surface area contributed by atoms with Gasteiger partial charge in [0.1, 0.15) is 11.6 Å². The van der Waals surface area contributed by atoms with Gasteiger partial charge in [0.25, 0.3) is 5.91 Å². The minimum Gasteiger partial charge on any atom is -0.484 e. The van der Waals surface area contributed by atoms with E-state index in [2.05, 4.69) is 34.5 Å². The molecule has 2 aromatic rings. The van der Waals surface area contributed by atoms with E-state index in [4.69, 9.17) is 4.74 Å². The van der Waals surface area contributed by atoms with Crippen molar-refractivity contribution in [1.82, 2.24) is 5.32 Å². The van der Waals surface area contributed by atoms with Crippen molar-refractivity contribution in [3.8, 4) is 5.75 Å². The Morgan fingerprint density at radius 3 is 2.38 bits per heavy atom. The van der Waals surface area contributed by atoms with Gasteiger partial charge in [-0.1, -0.05) is 12.1 Å². The molecule has 2 aromatic carbocycles. The molecule has 0 fully saturated rings. The van der Waals surface area contributed by atoms with Gasteiger partial charge in [-0.2, -0.15) is 0 Å². The van der Waals surface area contributed by atoms with Gasteiger partial charge in [-0.15, -0.1) is 0 Å².